The Hall–Kier alpha value is -2.70. The summed E-state index contributed by atoms with van der Waals surface area (Å²) in [7, 11) is 0. The molecular formula is C23H26ClN3O3. The van der Waals surface area contributed by atoms with Crippen LogP contribution in [-0.2, 0) is 6.54 Å². The molecule has 6 nitrogen and oxygen atoms in total. The summed E-state index contributed by atoms with van der Waals surface area (Å²) in [5, 5.41) is 0. The molecule has 2 heterocycles. The maximum Gasteiger partial charge on any atom is 0.261 e. The monoisotopic (exact) mass is 427 g/mol. The number of halogens is 1. The highest BCUT2D eigenvalue weighted by Gasteiger charge is 2.38. The van der Waals surface area contributed by atoms with Crippen molar-refractivity contribution in [1.82, 2.24) is 9.80 Å². The van der Waals surface area contributed by atoms with Crippen LogP contribution in [0.2, 0.25) is 0 Å². The molecule has 3 amide bonds. The van der Waals surface area contributed by atoms with Gasteiger partial charge in [-0.1, -0.05) is 44.2 Å². The first kappa shape index (κ1) is 22.0. The molecule has 1 unspecified atom stereocenters. The number of carbonyl (C=O) groups is 3. The Balaban J connectivity index is 0.00000256. The number of hydrogen-bond donors (Lipinski definition) is 1. The Morgan fingerprint density at radius 1 is 1.07 bits per heavy atom. The maximum absolute atomic E-state index is 13.0. The van der Waals surface area contributed by atoms with E-state index >= 15 is 0 Å². The number of piperidine rings is 1. The minimum Gasteiger partial charge on any atom is -0.338 e. The third-order valence-corrected chi connectivity index (χ3v) is 6.00. The third kappa shape index (κ3) is 3.85. The lowest BCUT2D eigenvalue weighted by atomic mass is 9.79. The summed E-state index contributed by atoms with van der Waals surface area (Å²) in [5.41, 5.74) is 7.96. The van der Waals surface area contributed by atoms with Crippen molar-refractivity contribution in [3.63, 3.8) is 0 Å². The fourth-order valence-electron chi connectivity index (χ4n) is 4.06. The number of imide groups is 1. The molecule has 1 fully saturated rings. The van der Waals surface area contributed by atoms with Gasteiger partial charge in [0.25, 0.3) is 17.7 Å². The van der Waals surface area contributed by atoms with E-state index in [0.29, 0.717) is 29.8 Å². The van der Waals surface area contributed by atoms with Crippen LogP contribution in [0, 0.1) is 5.41 Å². The van der Waals surface area contributed by atoms with Crippen LogP contribution in [0.15, 0.2) is 48.5 Å². The van der Waals surface area contributed by atoms with Gasteiger partial charge in [-0.05, 0) is 35.6 Å². The lowest BCUT2D eigenvalue weighted by Gasteiger charge is -2.42. The molecule has 0 aliphatic carbocycles. The van der Waals surface area contributed by atoms with Crippen LogP contribution in [0.4, 0.5) is 0 Å². The van der Waals surface area contributed by atoms with Crippen molar-refractivity contribution in [3.05, 3.63) is 70.8 Å². The number of hydrogen-bond acceptors (Lipinski definition) is 4. The molecule has 0 spiro atoms. The number of fused-ring (bicyclic) bond motifs is 1. The number of likely N-dealkylation sites (tertiary alicyclic amines) is 1. The average molecular weight is 428 g/mol. The molecule has 2 aromatic rings. The Morgan fingerprint density at radius 3 is 2.40 bits per heavy atom. The van der Waals surface area contributed by atoms with Gasteiger partial charge in [-0.2, -0.15) is 0 Å². The highest BCUT2D eigenvalue weighted by atomic mass is 35.5. The summed E-state index contributed by atoms with van der Waals surface area (Å²) >= 11 is 0. The Labute approximate surface area is 182 Å². The predicted octanol–water partition coefficient (Wildman–Crippen LogP) is 3.10. The Morgan fingerprint density at radius 2 is 1.73 bits per heavy atom. The first-order valence-electron chi connectivity index (χ1n) is 9.87. The van der Waals surface area contributed by atoms with Gasteiger partial charge >= 0.3 is 0 Å². The molecular weight excluding hydrogens is 402 g/mol. The predicted molar refractivity (Wildman–Crippen MR) is 117 cm³/mol. The summed E-state index contributed by atoms with van der Waals surface area (Å²) in [6.07, 6.45) is 0.742. The van der Waals surface area contributed by atoms with Crippen molar-refractivity contribution >= 4 is 30.1 Å². The van der Waals surface area contributed by atoms with E-state index < -0.39 is 0 Å². The molecule has 0 bridgehead atoms. The number of amides is 3. The SMILES string of the molecule is CC1(C)CN(C(=O)c2ccc3c(c2)C(=O)N(Cc2ccccc2)C3=O)CCC1N.Cl. The molecule has 2 N–H and O–H groups in total. The van der Waals surface area contributed by atoms with Crippen molar-refractivity contribution in [2.75, 3.05) is 13.1 Å². The van der Waals surface area contributed by atoms with Crippen LogP contribution in [0.1, 0.15) is 56.9 Å². The van der Waals surface area contributed by atoms with Gasteiger partial charge in [0, 0.05) is 24.7 Å². The molecule has 7 heteroatoms. The first-order valence-corrected chi connectivity index (χ1v) is 9.87. The van der Waals surface area contributed by atoms with E-state index in [2.05, 4.69) is 13.8 Å². The minimum absolute atomic E-state index is 0. The van der Waals surface area contributed by atoms with Crippen LogP contribution in [0.3, 0.4) is 0 Å². The van der Waals surface area contributed by atoms with Crippen molar-refractivity contribution in [3.8, 4) is 0 Å². The highest BCUT2D eigenvalue weighted by Crippen LogP contribution is 2.30. The van der Waals surface area contributed by atoms with Gasteiger partial charge in [0.1, 0.15) is 0 Å². The third-order valence-electron chi connectivity index (χ3n) is 6.00. The zero-order chi connectivity index (χ0) is 20.8. The van der Waals surface area contributed by atoms with Gasteiger partial charge in [-0.15, -0.1) is 12.4 Å². The van der Waals surface area contributed by atoms with E-state index in [4.69, 9.17) is 5.73 Å². The summed E-state index contributed by atoms with van der Waals surface area (Å²) < 4.78 is 0. The first-order chi connectivity index (χ1) is 13.8. The van der Waals surface area contributed by atoms with Crippen LogP contribution >= 0.6 is 12.4 Å². The second-order valence-corrected chi connectivity index (χ2v) is 8.55. The van der Waals surface area contributed by atoms with Gasteiger partial charge in [0.05, 0.1) is 17.7 Å². The molecule has 2 aliphatic heterocycles. The van der Waals surface area contributed by atoms with Crippen molar-refractivity contribution < 1.29 is 14.4 Å². The Bertz CT molecular complexity index is 990. The van der Waals surface area contributed by atoms with E-state index in [0.717, 1.165) is 12.0 Å². The van der Waals surface area contributed by atoms with Crippen molar-refractivity contribution in [2.24, 2.45) is 11.1 Å². The fraction of sp³-hybridized carbons (Fsp3) is 0.348. The topological polar surface area (TPSA) is 83.7 Å². The summed E-state index contributed by atoms with van der Waals surface area (Å²) in [4.78, 5) is 41.6. The normalized spacial score (nSPS) is 20.0. The second-order valence-electron chi connectivity index (χ2n) is 8.55. The second kappa shape index (κ2) is 8.20. The van der Waals surface area contributed by atoms with Gasteiger partial charge in [-0.25, -0.2) is 0 Å². The zero-order valence-corrected chi connectivity index (χ0v) is 17.9. The van der Waals surface area contributed by atoms with Crippen LogP contribution in [0.25, 0.3) is 0 Å². The number of nitrogens with zero attached hydrogens (tertiary/aromatic N) is 2. The molecule has 0 aromatic heterocycles. The molecule has 30 heavy (non-hydrogen) atoms. The Kier molecular flexibility index (Phi) is 6.01. The number of benzene rings is 2. The van der Waals surface area contributed by atoms with Gasteiger partial charge in [-0.3, -0.25) is 19.3 Å². The van der Waals surface area contributed by atoms with E-state index in [1.165, 1.54) is 4.90 Å². The molecule has 158 valence electrons. The van der Waals surface area contributed by atoms with E-state index in [1.807, 2.05) is 30.3 Å². The summed E-state index contributed by atoms with van der Waals surface area (Å²) in [6, 6.07) is 14.2. The molecule has 0 saturated carbocycles. The largest absolute Gasteiger partial charge is 0.338 e. The number of nitrogens with two attached hydrogens (primary N) is 1. The molecule has 1 atom stereocenters. The minimum atomic E-state index is -0.357. The smallest absolute Gasteiger partial charge is 0.261 e. The molecule has 2 aliphatic rings. The van der Waals surface area contributed by atoms with Gasteiger partial charge in [0.2, 0.25) is 0 Å². The van der Waals surface area contributed by atoms with E-state index in [-0.39, 0.29) is 48.1 Å². The van der Waals surface area contributed by atoms with Crippen LogP contribution < -0.4 is 5.73 Å². The fourth-order valence-corrected chi connectivity index (χ4v) is 4.06. The summed E-state index contributed by atoms with van der Waals surface area (Å²) in [6.45, 7) is 5.49. The van der Waals surface area contributed by atoms with E-state index in [1.54, 1.807) is 23.1 Å². The van der Waals surface area contributed by atoms with Crippen molar-refractivity contribution in [1.29, 1.82) is 0 Å². The standard InChI is InChI=1S/C23H25N3O3.ClH/c1-23(2)14-25(11-10-19(23)24)20(27)16-8-9-17-18(12-16)22(29)26(21(17)28)13-15-6-4-3-5-7-15;/h3-9,12,19H,10-11,13-14,24H2,1-2H3;1H. The molecule has 4 rings (SSSR count). The lowest BCUT2D eigenvalue weighted by molar-refractivity contribution is 0.0532. The van der Waals surface area contributed by atoms with Crippen LogP contribution in [-0.4, -0.2) is 46.7 Å². The number of carbonyl (C=O) groups excluding carboxylic acids is 3. The maximum atomic E-state index is 13.0. The van der Waals surface area contributed by atoms with Gasteiger partial charge in [0.15, 0.2) is 0 Å². The highest BCUT2D eigenvalue weighted by molar-refractivity contribution is 6.22. The lowest BCUT2D eigenvalue weighted by Crippen LogP contribution is -2.54. The summed E-state index contributed by atoms with van der Waals surface area (Å²) in [5.74, 6) is -0.808. The zero-order valence-electron chi connectivity index (χ0n) is 17.1. The van der Waals surface area contributed by atoms with Gasteiger partial charge < -0.3 is 10.6 Å². The van der Waals surface area contributed by atoms with Crippen molar-refractivity contribution in [2.45, 2.75) is 32.9 Å². The number of rotatable bonds is 3. The average Bonchev–Trinajstić information content (AvgIpc) is 2.94. The molecule has 2 aromatic carbocycles. The van der Waals surface area contributed by atoms with E-state index in [9.17, 15) is 14.4 Å². The molecule has 1 saturated heterocycles. The molecule has 0 radical (unpaired) electrons. The quantitative estimate of drug-likeness (QED) is 0.763. The van der Waals surface area contributed by atoms with Crippen LogP contribution in [0.5, 0.6) is 0 Å².